The van der Waals surface area contributed by atoms with Crippen LogP contribution in [0.1, 0.15) is 0 Å². The normalized spacial score (nSPS) is 11.5. The molecule has 46 heavy (non-hydrogen) atoms. The fourth-order valence-corrected chi connectivity index (χ4v) is 7.04. The predicted molar refractivity (Wildman–Crippen MR) is 198 cm³/mol. The van der Waals surface area contributed by atoms with Gasteiger partial charge in [0, 0.05) is 0 Å². The van der Waals surface area contributed by atoms with Crippen LogP contribution in [-0.4, -0.2) is 0 Å². The molecule has 0 aliphatic heterocycles. The minimum Gasteiger partial charge on any atom is -0.0622 e. The van der Waals surface area contributed by atoms with Gasteiger partial charge < -0.3 is 0 Å². The summed E-state index contributed by atoms with van der Waals surface area (Å²) in [5.74, 6) is 0. The van der Waals surface area contributed by atoms with Crippen LogP contribution in [0.5, 0.6) is 0 Å². The van der Waals surface area contributed by atoms with E-state index in [9.17, 15) is 0 Å². The van der Waals surface area contributed by atoms with E-state index in [0.29, 0.717) is 0 Å². The highest BCUT2D eigenvalue weighted by molar-refractivity contribution is 6.12. The third-order valence-corrected chi connectivity index (χ3v) is 9.44. The van der Waals surface area contributed by atoms with E-state index in [1.54, 1.807) is 0 Å². The average molecular weight is 583 g/mol. The molecule has 0 radical (unpaired) electrons. The fourth-order valence-electron chi connectivity index (χ4n) is 7.04. The number of rotatable bonds is 4. The number of hydrogen-bond acceptors (Lipinski definition) is 0. The van der Waals surface area contributed by atoms with E-state index in [-0.39, 0.29) is 0 Å². The second-order valence-electron chi connectivity index (χ2n) is 12.2. The molecule has 0 saturated heterocycles. The second-order valence-corrected chi connectivity index (χ2v) is 12.2. The molecule has 0 spiro atoms. The monoisotopic (exact) mass is 582 g/mol. The van der Waals surface area contributed by atoms with E-state index in [4.69, 9.17) is 0 Å². The van der Waals surface area contributed by atoms with Crippen LogP contribution >= 0.6 is 0 Å². The highest BCUT2D eigenvalue weighted by atomic mass is 14.2. The van der Waals surface area contributed by atoms with Crippen LogP contribution in [0.25, 0.3) is 87.6 Å². The van der Waals surface area contributed by atoms with E-state index in [0.717, 1.165) is 0 Å². The van der Waals surface area contributed by atoms with Crippen LogP contribution in [-0.2, 0) is 0 Å². The Morgan fingerprint density at radius 3 is 0.848 bits per heavy atom. The Kier molecular flexibility index (Phi) is 6.25. The largest absolute Gasteiger partial charge is 0.0622 e. The number of hydrogen-bond donors (Lipinski definition) is 0. The quantitative estimate of drug-likeness (QED) is 0.181. The number of benzene rings is 9. The van der Waals surface area contributed by atoms with Gasteiger partial charge in [0.1, 0.15) is 0 Å². The maximum absolute atomic E-state index is 2.38. The lowest BCUT2D eigenvalue weighted by Crippen LogP contribution is -1.88. The molecule has 0 heterocycles. The van der Waals surface area contributed by atoms with Gasteiger partial charge in [0.25, 0.3) is 0 Å². The van der Waals surface area contributed by atoms with Crippen molar-refractivity contribution in [2.24, 2.45) is 0 Å². The zero-order valence-corrected chi connectivity index (χ0v) is 25.3. The summed E-state index contributed by atoms with van der Waals surface area (Å²) in [5, 5.41) is 10.1. The van der Waals surface area contributed by atoms with Crippen molar-refractivity contribution in [2.45, 2.75) is 0 Å². The molecule has 0 atom stereocenters. The van der Waals surface area contributed by atoms with Crippen LogP contribution in [0.4, 0.5) is 0 Å². The maximum Gasteiger partial charge on any atom is -0.00990 e. The van der Waals surface area contributed by atoms with Crippen molar-refractivity contribution in [1.82, 2.24) is 0 Å². The lowest BCUT2D eigenvalue weighted by molar-refractivity contribution is 1.61. The van der Waals surface area contributed by atoms with Crippen LogP contribution < -0.4 is 0 Å². The van der Waals surface area contributed by atoms with Crippen molar-refractivity contribution in [1.29, 1.82) is 0 Å². The molecule has 0 saturated carbocycles. The molecule has 9 aromatic carbocycles. The smallest absolute Gasteiger partial charge is 0.00990 e. The minimum atomic E-state index is 1.23. The summed E-state index contributed by atoms with van der Waals surface area (Å²) in [7, 11) is 0. The van der Waals surface area contributed by atoms with Crippen LogP contribution in [0.3, 0.4) is 0 Å². The Morgan fingerprint density at radius 2 is 0.478 bits per heavy atom. The summed E-state index contributed by atoms with van der Waals surface area (Å²) < 4.78 is 0. The van der Waals surface area contributed by atoms with Crippen LogP contribution in [0.2, 0.25) is 0 Å². The fraction of sp³-hybridized carbons (Fsp3) is 0. The zero-order valence-electron chi connectivity index (χ0n) is 25.3. The Balaban J connectivity index is 1.20. The second kappa shape index (κ2) is 10.9. The Bertz CT molecular complexity index is 2380. The van der Waals surface area contributed by atoms with Crippen LogP contribution in [0.15, 0.2) is 182 Å². The molecule has 0 bridgehead atoms. The van der Waals surface area contributed by atoms with Crippen molar-refractivity contribution in [3.05, 3.63) is 182 Å². The molecule has 0 amide bonds. The van der Waals surface area contributed by atoms with Gasteiger partial charge in [-0.05, 0) is 112 Å². The average Bonchev–Trinajstić information content (AvgIpc) is 3.14. The van der Waals surface area contributed by atoms with Gasteiger partial charge in [-0.3, -0.25) is 0 Å². The third-order valence-electron chi connectivity index (χ3n) is 9.44. The Labute approximate surface area is 268 Å². The first-order valence-electron chi connectivity index (χ1n) is 15.9. The van der Waals surface area contributed by atoms with Gasteiger partial charge in [-0.25, -0.2) is 0 Å². The Hall–Kier alpha value is -5.98. The summed E-state index contributed by atoms with van der Waals surface area (Å²) in [6.07, 6.45) is 0. The van der Waals surface area contributed by atoms with Gasteiger partial charge >= 0.3 is 0 Å². The first kappa shape index (κ1) is 26.4. The standard InChI is InChI=1S/C46H30/c1-3-9-31(10-4-1)37-23-19-33-15-17-35-21-25-39(29-45(35)43(33)27-37)41-13-7-8-14-42(41)40-26-22-36-18-16-34-20-24-38(28-44(34)46(36)30-40)32-11-5-2-6-12-32/h1-30H. The molecule has 214 valence electrons. The molecular weight excluding hydrogens is 553 g/mol. The molecule has 0 unspecified atom stereocenters. The van der Waals surface area contributed by atoms with Crippen molar-refractivity contribution in [2.75, 3.05) is 0 Å². The van der Waals surface area contributed by atoms with Gasteiger partial charge in [-0.1, -0.05) is 158 Å². The minimum absolute atomic E-state index is 1.23. The first-order valence-corrected chi connectivity index (χ1v) is 15.9. The van der Waals surface area contributed by atoms with Gasteiger partial charge in [0.15, 0.2) is 0 Å². The molecule has 9 rings (SSSR count). The van der Waals surface area contributed by atoms with E-state index in [1.807, 2.05) is 0 Å². The van der Waals surface area contributed by atoms with E-state index in [1.165, 1.54) is 87.6 Å². The third kappa shape index (κ3) is 4.55. The van der Waals surface area contributed by atoms with Crippen molar-refractivity contribution in [3.63, 3.8) is 0 Å². The predicted octanol–water partition coefficient (Wildman–Crippen LogP) is 13.0. The summed E-state index contributed by atoms with van der Waals surface area (Å²) in [5.41, 5.74) is 9.89. The molecule has 0 aromatic heterocycles. The maximum atomic E-state index is 2.38. The Morgan fingerprint density at radius 1 is 0.196 bits per heavy atom. The molecular formula is C46H30. The zero-order chi connectivity index (χ0) is 30.5. The molecule has 0 aliphatic rings. The first-order chi connectivity index (χ1) is 22.8. The van der Waals surface area contributed by atoms with Crippen LogP contribution in [0, 0.1) is 0 Å². The summed E-state index contributed by atoms with van der Waals surface area (Å²) >= 11 is 0. The SMILES string of the molecule is c1ccc(-c2ccc3ccc4ccc(-c5ccccc5-c5ccc6ccc7ccc(-c8ccccc8)cc7c6c5)cc4c3c2)cc1. The molecule has 9 aromatic rings. The molecule has 0 fully saturated rings. The molecule has 0 nitrogen and oxygen atoms in total. The summed E-state index contributed by atoms with van der Waals surface area (Å²) in [6, 6.07) is 66.6. The summed E-state index contributed by atoms with van der Waals surface area (Å²) in [4.78, 5) is 0. The molecule has 0 heteroatoms. The van der Waals surface area contributed by atoms with E-state index >= 15 is 0 Å². The van der Waals surface area contributed by atoms with Gasteiger partial charge in [-0.15, -0.1) is 0 Å². The van der Waals surface area contributed by atoms with Gasteiger partial charge in [0.05, 0.1) is 0 Å². The topological polar surface area (TPSA) is 0 Å². The lowest BCUT2D eigenvalue weighted by Gasteiger charge is -2.14. The van der Waals surface area contributed by atoms with Crippen molar-refractivity contribution >= 4 is 43.1 Å². The lowest BCUT2D eigenvalue weighted by atomic mass is 9.90. The van der Waals surface area contributed by atoms with E-state index in [2.05, 4.69) is 182 Å². The highest BCUT2D eigenvalue weighted by Crippen LogP contribution is 2.39. The van der Waals surface area contributed by atoms with Crippen molar-refractivity contribution < 1.29 is 0 Å². The molecule has 0 N–H and O–H groups in total. The van der Waals surface area contributed by atoms with Gasteiger partial charge in [0.2, 0.25) is 0 Å². The molecule has 0 aliphatic carbocycles. The van der Waals surface area contributed by atoms with E-state index < -0.39 is 0 Å². The van der Waals surface area contributed by atoms with Gasteiger partial charge in [-0.2, -0.15) is 0 Å². The number of fused-ring (bicyclic) bond motifs is 6. The van der Waals surface area contributed by atoms with Crippen molar-refractivity contribution in [3.8, 4) is 44.5 Å². The summed E-state index contributed by atoms with van der Waals surface area (Å²) in [6.45, 7) is 0. The highest BCUT2D eigenvalue weighted by Gasteiger charge is 2.12.